The average molecular weight is 182 g/mol. The van der Waals surface area contributed by atoms with Gasteiger partial charge < -0.3 is 4.74 Å². The first-order chi connectivity index (χ1) is 6.43. The van der Waals surface area contributed by atoms with Crippen molar-refractivity contribution in [3.63, 3.8) is 0 Å². The summed E-state index contributed by atoms with van der Waals surface area (Å²) in [7, 11) is 0. The summed E-state index contributed by atoms with van der Waals surface area (Å²) in [6.45, 7) is 5.11. The maximum absolute atomic E-state index is 8.34. The topological polar surface area (TPSA) is 36.3 Å². The van der Waals surface area contributed by atoms with E-state index < -0.39 is 0 Å². The highest BCUT2D eigenvalue weighted by atomic mass is 16.5. The minimum absolute atomic E-state index is 0.711. The molecule has 0 bridgehead atoms. The Bertz CT molecular complexity index is 159. The quantitative estimate of drug-likeness (QED) is 0.603. The Morgan fingerprint density at radius 2 is 1.92 bits per heavy atom. The third-order valence-electron chi connectivity index (χ3n) is 2.37. The van der Waals surface area contributed by atoms with E-state index in [0.717, 1.165) is 32.7 Å². The Hall–Kier alpha value is -0.590. The van der Waals surface area contributed by atoms with E-state index >= 15 is 0 Å². The molecule has 1 aliphatic rings. The van der Waals surface area contributed by atoms with Gasteiger partial charge in [0.05, 0.1) is 19.3 Å². The second-order valence-electron chi connectivity index (χ2n) is 3.42. The molecule has 1 rings (SSSR count). The predicted molar refractivity (Wildman–Crippen MR) is 51.3 cm³/mol. The summed E-state index contributed by atoms with van der Waals surface area (Å²) in [6, 6.07) is 2.17. The summed E-state index contributed by atoms with van der Waals surface area (Å²) in [5.74, 6) is 0. The lowest BCUT2D eigenvalue weighted by Crippen LogP contribution is -2.36. The fourth-order valence-electron chi connectivity index (χ4n) is 1.54. The van der Waals surface area contributed by atoms with Gasteiger partial charge >= 0.3 is 0 Å². The third kappa shape index (κ3) is 4.87. The number of unbranched alkanes of at least 4 members (excludes halogenated alkanes) is 3. The van der Waals surface area contributed by atoms with Gasteiger partial charge in [-0.15, -0.1) is 0 Å². The van der Waals surface area contributed by atoms with Crippen LogP contribution < -0.4 is 0 Å². The van der Waals surface area contributed by atoms with E-state index in [9.17, 15) is 0 Å². The number of nitrogens with zero attached hydrogens (tertiary/aromatic N) is 2. The molecule has 0 atom stereocenters. The lowest BCUT2D eigenvalue weighted by Gasteiger charge is -2.26. The van der Waals surface area contributed by atoms with Crippen LogP contribution in [0.2, 0.25) is 0 Å². The molecule has 0 aromatic heterocycles. The normalized spacial score (nSPS) is 18.4. The van der Waals surface area contributed by atoms with E-state index in [2.05, 4.69) is 11.0 Å². The van der Waals surface area contributed by atoms with Gasteiger partial charge in [-0.1, -0.05) is 6.42 Å². The molecule has 0 amide bonds. The van der Waals surface area contributed by atoms with Crippen molar-refractivity contribution < 1.29 is 4.74 Å². The molecule has 13 heavy (non-hydrogen) atoms. The van der Waals surface area contributed by atoms with E-state index in [0.29, 0.717) is 6.42 Å². The number of morpholine rings is 1. The highest BCUT2D eigenvalue weighted by Crippen LogP contribution is 2.03. The number of rotatable bonds is 5. The van der Waals surface area contributed by atoms with Crippen LogP contribution in [0.3, 0.4) is 0 Å². The molecule has 3 heteroatoms. The van der Waals surface area contributed by atoms with Crippen LogP contribution in [0.15, 0.2) is 0 Å². The largest absolute Gasteiger partial charge is 0.379 e. The van der Waals surface area contributed by atoms with Crippen LogP contribution in [0.25, 0.3) is 0 Å². The zero-order chi connectivity index (χ0) is 9.36. The van der Waals surface area contributed by atoms with Crippen LogP contribution in [-0.4, -0.2) is 37.7 Å². The van der Waals surface area contributed by atoms with Crippen molar-refractivity contribution in [3.05, 3.63) is 0 Å². The van der Waals surface area contributed by atoms with Gasteiger partial charge in [0.25, 0.3) is 0 Å². The molecule has 74 valence electrons. The first-order valence-corrected chi connectivity index (χ1v) is 5.10. The van der Waals surface area contributed by atoms with Crippen molar-refractivity contribution in [2.75, 3.05) is 32.8 Å². The molecule has 0 saturated carbocycles. The van der Waals surface area contributed by atoms with E-state index in [1.54, 1.807) is 0 Å². The molecular formula is C10H18N2O. The molecule has 0 spiro atoms. The van der Waals surface area contributed by atoms with Crippen LogP contribution in [-0.2, 0) is 4.74 Å². The molecule has 1 fully saturated rings. The first kappa shape index (κ1) is 10.5. The van der Waals surface area contributed by atoms with Gasteiger partial charge in [-0.3, -0.25) is 4.90 Å². The average Bonchev–Trinajstić information content (AvgIpc) is 2.19. The Kier molecular flexibility index (Phi) is 5.55. The third-order valence-corrected chi connectivity index (χ3v) is 2.37. The zero-order valence-corrected chi connectivity index (χ0v) is 8.17. The number of hydrogen-bond acceptors (Lipinski definition) is 3. The van der Waals surface area contributed by atoms with E-state index in [4.69, 9.17) is 10.00 Å². The van der Waals surface area contributed by atoms with E-state index in [1.807, 2.05) is 0 Å². The summed E-state index contributed by atoms with van der Waals surface area (Å²) in [6.07, 6.45) is 4.18. The fourth-order valence-corrected chi connectivity index (χ4v) is 1.54. The monoisotopic (exact) mass is 182 g/mol. The highest BCUT2D eigenvalue weighted by molar-refractivity contribution is 4.68. The van der Waals surface area contributed by atoms with Crippen molar-refractivity contribution >= 4 is 0 Å². The van der Waals surface area contributed by atoms with Gasteiger partial charge in [-0.05, 0) is 19.4 Å². The molecule has 0 unspecified atom stereocenters. The van der Waals surface area contributed by atoms with E-state index in [1.165, 1.54) is 19.4 Å². The van der Waals surface area contributed by atoms with Crippen molar-refractivity contribution in [1.82, 2.24) is 4.90 Å². The minimum Gasteiger partial charge on any atom is -0.379 e. The summed E-state index contributed by atoms with van der Waals surface area (Å²) in [5.41, 5.74) is 0. The molecule has 1 aliphatic heterocycles. The van der Waals surface area contributed by atoms with Gasteiger partial charge in [-0.2, -0.15) is 5.26 Å². The summed E-state index contributed by atoms with van der Waals surface area (Å²) in [5, 5.41) is 8.34. The standard InChI is InChI=1S/C10H18N2O/c11-5-3-1-2-4-6-12-7-9-13-10-8-12/h1-4,6-10H2. The van der Waals surface area contributed by atoms with Gasteiger partial charge in [0.15, 0.2) is 0 Å². The second kappa shape index (κ2) is 6.88. The minimum atomic E-state index is 0.711. The Labute approximate surface area is 80.3 Å². The SMILES string of the molecule is N#CCCCCCN1CCOCC1. The molecule has 1 saturated heterocycles. The summed E-state index contributed by atoms with van der Waals surface area (Å²) in [4.78, 5) is 2.44. The molecule has 0 aliphatic carbocycles. The van der Waals surface area contributed by atoms with Crippen LogP contribution in [0.5, 0.6) is 0 Å². The van der Waals surface area contributed by atoms with Gasteiger partial charge in [0, 0.05) is 19.5 Å². The van der Waals surface area contributed by atoms with Crippen LogP contribution in [0.4, 0.5) is 0 Å². The maximum atomic E-state index is 8.34. The maximum Gasteiger partial charge on any atom is 0.0621 e. The van der Waals surface area contributed by atoms with Crippen molar-refractivity contribution in [2.45, 2.75) is 25.7 Å². The molecule has 0 N–H and O–H groups in total. The Morgan fingerprint density at radius 3 is 2.62 bits per heavy atom. The van der Waals surface area contributed by atoms with Crippen molar-refractivity contribution in [1.29, 1.82) is 5.26 Å². The van der Waals surface area contributed by atoms with Gasteiger partial charge in [0.1, 0.15) is 0 Å². The number of hydrogen-bond donors (Lipinski definition) is 0. The van der Waals surface area contributed by atoms with Crippen molar-refractivity contribution in [3.8, 4) is 6.07 Å². The summed E-state index contributed by atoms with van der Waals surface area (Å²) < 4.78 is 5.26. The smallest absolute Gasteiger partial charge is 0.0621 e. The van der Waals surface area contributed by atoms with Gasteiger partial charge in [-0.25, -0.2) is 0 Å². The number of ether oxygens (including phenoxy) is 1. The second-order valence-corrected chi connectivity index (χ2v) is 3.42. The summed E-state index contributed by atoms with van der Waals surface area (Å²) >= 11 is 0. The lowest BCUT2D eigenvalue weighted by atomic mass is 10.2. The van der Waals surface area contributed by atoms with Crippen LogP contribution in [0.1, 0.15) is 25.7 Å². The Morgan fingerprint density at radius 1 is 1.15 bits per heavy atom. The zero-order valence-electron chi connectivity index (χ0n) is 8.17. The fraction of sp³-hybridized carbons (Fsp3) is 0.900. The predicted octanol–water partition coefficient (Wildman–Crippen LogP) is 1.40. The van der Waals surface area contributed by atoms with Gasteiger partial charge in [0.2, 0.25) is 0 Å². The highest BCUT2D eigenvalue weighted by Gasteiger charge is 2.08. The van der Waals surface area contributed by atoms with E-state index in [-0.39, 0.29) is 0 Å². The lowest BCUT2D eigenvalue weighted by molar-refractivity contribution is 0.0371. The first-order valence-electron chi connectivity index (χ1n) is 5.10. The van der Waals surface area contributed by atoms with Crippen molar-refractivity contribution in [2.24, 2.45) is 0 Å². The molecule has 0 aromatic rings. The molecule has 0 aromatic carbocycles. The molecule has 3 nitrogen and oxygen atoms in total. The Balaban J connectivity index is 1.90. The molecule has 1 heterocycles. The number of nitriles is 1. The van der Waals surface area contributed by atoms with Crippen LogP contribution in [0, 0.1) is 11.3 Å². The molecule has 0 radical (unpaired) electrons. The van der Waals surface area contributed by atoms with Crippen LogP contribution >= 0.6 is 0 Å². The molecular weight excluding hydrogens is 164 g/mol.